The molecular weight excluding hydrogens is 234 g/mol. The highest BCUT2D eigenvalue weighted by atomic mass is 16.5. The van der Waals surface area contributed by atoms with Crippen LogP contribution in [0.4, 0.5) is 0 Å². The molecule has 108 valence electrons. The minimum absolute atomic E-state index is 0.209. The Balaban J connectivity index is 3.82. The van der Waals surface area contributed by atoms with Crippen LogP contribution in [0.15, 0.2) is 0 Å². The van der Waals surface area contributed by atoms with Gasteiger partial charge in [-0.3, -0.25) is 4.79 Å². The number of hydrogen-bond acceptors (Lipinski definition) is 5. The Hall–Kier alpha value is -0.650. The minimum atomic E-state index is -0.294. The van der Waals surface area contributed by atoms with Crippen LogP contribution in [0.1, 0.15) is 34.1 Å². The van der Waals surface area contributed by atoms with Crippen molar-refractivity contribution in [3.05, 3.63) is 0 Å². The molecule has 5 heteroatoms. The van der Waals surface area contributed by atoms with Crippen molar-refractivity contribution in [1.29, 1.82) is 0 Å². The molecule has 1 atom stereocenters. The fourth-order valence-electron chi connectivity index (χ4n) is 1.48. The second-order valence-electron chi connectivity index (χ2n) is 4.22. The van der Waals surface area contributed by atoms with E-state index in [0.717, 1.165) is 0 Å². The highest BCUT2D eigenvalue weighted by Gasteiger charge is 2.19. The van der Waals surface area contributed by atoms with E-state index in [1.54, 1.807) is 0 Å². The maximum Gasteiger partial charge on any atom is 0.323 e. The lowest BCUT2D eigenvalue weighted by molar-refractivity contribution is -0.146. The second-order valence-corrected chi connectivity index (χ2v) is 4.22. The number of rotatable bonds is 11. The molecule has 18 heavy (non-hydrogen) atoms. The fourth-order valence-corrected chi connectivity index (χ4v) is 1.48. The molecule has 0 aromatic carbocycles. The quantitative estimate of drug-likeness (QED) is 0.449. The zero-order valence-electron chi connectivity index (χ0n) is 12.0. The molecule has 0 saturated heterocycles. The molecule has 0 aliphatic rings. The molecule has 0 amide bonds. The van der Waals surface area contributed by atoms with Gasteiger partial charge in [-0.1, -0.05) is 13.8 Å². The molecule has 0 rings (SSSR count). The Bertz CT molecular complexity index is 209. The first-order valence-corrected chi connectivity index (χ1v) is 6.69. The van der Waals surface area contributed by atoms with Crippen LogP contribution in [0.3, 0.4) is 0 Å². The van der Waals surface area contributed by atoms with Gasteiger partial charge in [-0.05, 0) is 20.3 Å². The Morgan fingerprint density at radius 2 is 1.72 bits per heavy atom. The summed E-state index contributed by atoms with van der Waals surface area (Å²) in [5, 5.41) is 3.18. The molecule has 0 bridgehead atoms. The summed E-state index contributed by atoms with van der Waals surface area (Å²) in [6, 6.07) is -0.0557. The van der Waals surface area contributed by atoms with Crippen LogP contribution in [0.2, 0.25) is 0 Å². The molecule has 0 spiro atoms. The number of hydrogen-bond donors (Lipinski definition) is 1. The molecular formula is C13H27NO4. The van der Waals surface area contributed by atoms with Gasteiger partial charge in [0.1, 0.15) is 6.04 Å². The van der Waals surface area contributed by atoms with Crippen molar-refractivity contribution in [2.45, 2.75) is 46.2 Å². The fraction of sp³-hybridized carbons (Fsp3) is 0.923. The predicted octanol–water partition coefficient (Wildman–Crippen LogP) is 1.36. The lowest BCUT2D eigenvalue weighted by Crippen LogP contribution is -2.42. The summed E-state index contributed by atoms with van der Waals surface area (Å²) in [6.45, 7) is 10.5. The third kappa shape index (κ3) is 9.39. The largest absolute Gasteiger partial charge is 0.465 e. The van der Waals surface area contributed by atoms with Crippen LogP contribution in [0, 0.1) is 0 Å². The van der Waals surface area contributed by atoms with Gasteiger partial charge in [0.15, 0.2) is 0 Å². The first kappa shape index (κ1) is 17.4. The molecule has 0 aliphatic carbocycles. The first-order chi connectivity index (χ1) is 8.61. The van der Waals surface area contributed by atoms with E-state index in [9.17, 15) is 4.79 Å². The van der Waals surface area contributed by atoms with Gasteiger partial charge in [0.05, 0.1) is 19.8 Å². The van der Waals surface area contributed by atoms with Crippen LogP contribution in [0.25, 0.3) is 0 Å². The Morgan fingerprint density at radius 1 is 1.06 bits per heavy atom. The van der Waals surface area contributed by atoms with Gasteiger partial charge >= 0.3 is 5.97 Å². The summed E-state index contributed by atoms with van der Waals surface area (Å²) in [5.74, 6) is -0.209. The maximum atomic E-state index is 11.7. The van der Waals surface area contributed by atoms with E-state index in [1.165, 1.54) is 0 Å². The zero-order valence-corrected chi connectivity index (χ0v) is 12.0. The minimum Gasteiger partial charge on any atom is -0.465 e. The average molecular weight is 261 g/mol. The summed E-state index contributed by atoms with van der Waals surface area (Å²) >= 11 is 0. The van der Waals surface area contributed by atoms with E-state index < -0.39 is 0 Å². The molecule has 0 radical (unpaired) electrons. The van der Waals surface area contributed by atoms with Crippen LogP contribution >= 0.6 is 0 Å². The Morgan fingerprint density at radius 3 is 2.28 bits per heavy atom. The Labute approximate surface area is 110 Å². The molecule has 0 saturated carbocycles. The monoisotopic (exact) mass is 261 g/mol. The summed E-state index contributed by atoms with van der Waals surface area (Å²) < 4.78 is 15.6. The first-order valence-electron chi connectivity index (χ1n) is 6.69. The van der Waals surface area contributed by atoms with Crippen LogP contribution in [-0.2, 0) is 19.0 Å². The van der Waals surface area contributed by atoms with Gasteiger partial charge in [0, 0.05) is 19.3 Å². The number of carbonyl (C=O) groups excluding carboxylic acids is 1. The third-order valence-electron chi connectivity index (χ3n) is 2.23. The van der Waals surface area contributed by atoms with Crippen molar-refractivity contribution in [2.75, 3.05) is 33.0 Å². The third-order valence-corrected chi connectivity index (χ3v) is 2.23. The number of carbonyl (C=O) groups is 1. The van der Waals surface area contributed by atoms with E-state index in [0.29, 0.717) is 39.5 Å². The molecule has 0 heterocycles. The lowest BCUT2D eigenvalue weighted by Gasteiger charge is -2.19. The summed E-state index contributed by atoms with van der Waals surface area (Å²) in [6.07, 6.45) is 0.614. The number of nitrogens with one attached hydrogen (secondary N) is 1. The second kappa shape index (κ2) is 11.4. The van der Waals surface area contributed by atoms with E-state index in [4.69, 9.17) is 14.2 Å². The van der Waals surface area contributed by atoms with E-state index >= 15 is 0 Å². The molecule has 1 N–H and O–H groups in total. The molecule has 5 nitrogen and oxygen atoms in total. The summed E-state index contributed by atoms with van der Waals surface area (Å²) in [5.41, 5.74) is 0. The van der Waals surface area contributed by atoms with E-state index in [1.807, 2.05) is 27.7 Å². The van der Waals surface area contributed by atoms with Crippen molar-refractivity contribution in [3.63, 3.8) is 0 Å². The number of ether oxygens (including phenoxy) is 3. The molecule has 1 unspecified atom stereocenters. The smallest absolute Gasteiger partial charge is 0.323 e. The van der Waals surface area contributed by atoms with Gasteiger partial charge < -0.3 is 19.5 Å². The normalized spacial score (nSPS) is 12.7. The summed E-state index contributed by atoms with van der Waals surface area (Å²) in [4.78, 5) is 11.7. The molecule has 0 aromatic heterocycles. The van der Waals surface area contributed by atoms with Crippen LogP contribution < -0.4 is 5.32 Å². The van der Waals surface area contributed by atoms with Gasteiger partial charge in [0.2, 0.25) is 0 Å². The molecule has 0 aromatic rings. The van der Waals surface area contributed by atoms with Crippen molar-refractivity contribution in [1.82, 2.24) is 5.32 Å². The molecule has 0 aliphatic heterocycles. The Kier molecular flexibility index (Phi) is 11.0. The van der Waals surface area contributed by atoms with Crippen molar-refractivity contribution in [2.24, 2.45) is 0 Å². The van der Waals surface area contributed by atoms with E-state index in [2.05, 4.69) is 5.32 Å². The van der Waals surface area contributed by atoms with Gasteiger partial charge in [0.25, 0.3) is 0 Å². The highest BCUT2D eigenvalue weighted by molar-refractivity contribution is 5.75. The van der Waals surface area contributed by atoms with Crippen molar-refractivity contribution >= 4 is 5.97 Å². The standard InChI is InChI=1S/C13H27NO4/c1-5-16-9-10-17-8-7-12(14-11(3)4)13(15)18-6-2/h11-12,14H,5-10H2,1-4H3. The van der Waals surface area contributed by atoms with E-state index in [-0.39, 0.29) is 18.1 Å². The van der Waals surface area contributed by atoms with Gasteiger partial charge in [-0.2, -0.15) is 0 Å². The lowest BCUT2D eigenvalue weighted by atomic mass is 10.2. The summed E-state index contributed by atoms with van der Waals surface area (Å²) in [7, 11) is 0. The maximum absolute atomic E-state index is 11.7. The van der Waals surface area contributed by atoms with Crippen molar-refractivity contribution in [3.8, 4) is 0 Å². The van der Waals surface area contributed by atoms with Crippen LogP contribution in [-0.4, -0.2) is 51.1 Å². The SMILES string of the molecule is CCOCCOCCC(NC(C)C)C(=O)OCC. The van der Waals surface area contributed by atoms with Crippen molar-refractivity contribution < 1.29 is 19.0 Å². The van der Waals surface area contributed by atoms with Gasteiger partial charge in [-0.25, -0.2) is 0 Å². The number of esters is 1. The highest BCUT2D eigenvalue weighted by Crippen LogP contribution is 1.99. The predicted molar refractivity (Wildman–Crippen MR) is 70.6 cm³/mol. The zero-order chi connectivity index (χ0) is 13.8. The van der Waals surface area contributed by atoms with Crippen LogP contribution in [0.5, 0.6) is 0 Å². The average Bonchev–Trinajstić information content (AvgIpc) is 2.32. The molecule has 0 fully saturated rings. The van der Waals surface area contributed by atoms with Gasteiger partial charge in [-0.15, -0.1) is 0 Å². The topological polar surface area (TPSA) is 56.8 Å².